The Morgan fingerprint density at radius 3 is 2.81 bits per heavy atom. The summed E-state index contributed by atoms with van der Waals surface area (Å²) in [7, 11) is 1.63. The SMILES string of the molecule is COc1ccc2[nH]cc(CC(=O)Nc3ccc(-n4cccn4)cc3)c2c1. The predicted octanol–water partition coefficient (Wildman–Crippen LogP) is 3.54. The molecule has 0 aliphatic rings. The van der Waals surface area contributed by atoms with Gasteiger partial charge < -0.3 is 15.0 Å². The van der Waals surface area contributed by atoms with Crippen molar-refractivity contribution in [2.75, 3.05) is 12.4 Å². The molecule has 0 atom stereocenters. The number of fused-ring (bicyclic) bond motifs is 1. The molecule has 0 saturated heterocycles. The third kappa shape index (κ3) is 3.17. The number of aromatic amines is 1. The first kappa shape index (κ1) is 16.0. The highest BCUT2D eigenvalue weighted by Crippen LogP contribution is 2.24. The quantitative estimate of drug-likeness (QED) is 0.580. The Bertz CT molecular complexity index is 1030. The smallest absolute Gasteiger partial charge is 0.228 e. The fourth-order valence-electron chi connectivity index (χ4n) is 2.93. The summed E-state index contributed by atoms with van der Waals surface area (Å²) in [6, 6.07) is 15.2. The standard InChI is InChI=1S/C20H18N4O2/c1-26-17-7-8-19-18(12-17)14(13-21-19)11-20(25)23-15-3-5-16(6-4-15)24-10-2-9-22-24/h2-10,12-13,21H,11H2,1H3,(H,23,25). The molecule has 6 heteroatoms. The number of anilines is 1. The summed E-state index contributed by atoms with van der Waals surface area (Å²) >= 11 is 0. The molecule has 2 aromatic carbocycles. The van der Waals surface area contributed by atoms with Gasteiger partial charge in [0.15, 0.2) is 0 Å². The van der Waals surface area contributed by atoms with Crippen molar-refractivity contribution in [2.45, 2.75) is 6.42 Å². The predicted molar refractivity (Wildman–Crippen MR) is 101 cm³/mol. The highest BCUT2D eigenvalue weighted by atomic mass is 16.5. The van der Waals surface area contributed by atoms with Crippen LogP contribution in [0.4, 0.5) is 5.69 Å². The zero-order valence-corrected chi connectivity index (χ0v) is 14.3. The number of benzene rings is 2. The molecular weight excluding hydrogens is 328 g/mol. The number of carbonyl (C=O) groups is 1. The lowest BCUT2D eigenvalue weighted by atomic mass is 10.1. The van der Waals surface area contributed by atoms with Crippen LogP contribution in [0.5, 0.6) is 5.75 Å². The van der Waals surface area contributed by atoms with Gasteiger partial charge in [0.05, 0.1) is 19.2 Å². The normalized spacial score (nSPS) is 10.8. The van der Waals surface area contributed by atoms with Gasteiger partial charge in [-0.05, 0) is 54.1 Å². The maximum atomic E-state index is 12.4. The third-order valence-corrected chi connectivity index (χ3v) is 4.25. The molecule has 6 nitrogen and oxygen atoms in total. The van der Waals surface area contributed by atoms with E-state index in [1.807, 2.05) is 60.9 Å². The fourth-order valence-corrected chi connectivity index (χ4v) is 2.93. The number of ether oxygens (including phenoxy) is 1. The van der Waals surface area contributed by atoms with Crippen LogP contribution in [-0.2, 0) is 11.2 Å². The lowest BCUT2D eigenvalue weighted by Gasteiger charge is -2.07. The number of hydrogen-bond donors (Lipinski definition) is 2. The van der Waals surface area contributed by atoms with E-state index in [9.17, 15) is 4.79 Å². The molecule has 0 bridgehead atoms. The van der Waals surface area contributed by atoms with Crippen molar-refractivity contribution < 1.29 is 9.53 Å². The highest BCUT2D eigenvalue weighted by Gasteiger charge is 2.10. The Morgan fingerprint density at radius 2 is 2.08 bits per heavy atom. The van der Waals surface area contributed by atoms with E-state index >= 15 is 0 Å². The minimum absolute atomic E-state index is 0.0689. The molecule has 4 aromatic rings. The van der Waals surface area contributed by atoms with Crippen LogP contribution in [0.1, 0.15) is 5.56 Å². The number of methoxy groups -OCH3 is 1. The average Bonchev–Trinajstić information content (AvgIpc) is 3.32. The maximum absolute atomic E-state index is 12.4. The topological polar surface area (TPSA) is 71.9 Å². The van der Waals surface area contributed by atoms with Crippen LogP contribution in [-0.4, -0.2) is 27.8 Å². The van der Waals surface area contributed by atoms with Gasteiger partial charge in [0.25, 0.3) is 0 Å². The molecule has 0 saturated carbocycles. The number of nitrogens with one attached hydrogen (secondary N) is 2. The van der Waals surface area contributed by atoms with E-state index in [0.29, 0.717) is 0 Å². The summed E-state index contributed by atoms with van der Waals surface area (Å²) in [6.45, 7) is 0. The zero-order chi connectivity index (χ0) is 17.9. The van der Waals surface area contributed by atoms with Crippen molar-refractivity contribution in [1.82, 2.24) is 14.8 Å². The highest BCUT2D eigenvalue weighted by molar-refractivity contribution is 5.96. The summed E-state index contributed by atoms with van der Waals surface area (Å²) in [5.41, 5.74) is 3.61. The Labute approximate surface area is 150 Å². The minimum Gasteiger partial charge on any atom is -0.497 e. The van der Waals surface area contributed by atoms with E-state index in [-0.39, 0.29) is 12.3 Å². The van der Waals surface area contributed by atoms with Crippen LogP contribution in [0, 0.1) is 0 Å². The zero-order valence-electron chi connectivity index (χ0n) is 14.3. The second-order valence-corrected chi connectivity index (χ2v) is 5.95. The lowest BCUT2D eigenvalue weighted by molar-refractivity contribution is -0.115. The van der Waals surface area contributed by atoms with Crippen molar-refractivity contribution in [1.29, 1.82) is 0 Å². The van der Waals surface area contributed by atoms with Gasteiger partial charge in [-0.1, -0.05) is 0 Å². The van der Waals surface area contributed by atoms with Crippen molar-refractivity contribution in [3.8, 4) is 11.4 Å². The number of H-pyrrole nitrogens is 1. The first-order valence-electron chi connectivity index (χ1n) is 8.27. The van der Waals surface area contributed by atoms with Crippen molar-refractivity contribution in [3.63, 3.8) is 0 Å². The van der Waals surface area contributed by atoms with Crippen molar-refractivity contribution in [2.24, 2.45) is 0 Å². The molecule has 26 heavy (non-hydrogen) atoms. The molecule has 2 N–H and O–H groups in total. The molecule has 4 rings (SSSR count). The molecule has 2 aromatic heterocycles. The van der Waals surface area contributed by atoms with Gasteiger partial charge >= 0.3 is 0 Å². The van der Waals surface area contributed by atoms with Gasteiger partial charge in [0, 0.05) is 35.2 Å². The summed E-state index contributed by atoms with van der Waals surface area (Å²) in [5, 5.41) is 8.11. The van der Waals surface area contributed by atoms with E-state index in [0.717, 1.165) is 33.6 Å². The van der Waals surface area contributed by atoms with E-state index in [1.165, 1.54) is 0 Å². The molecule has 130 valence electrons. The Balaban J connectivity index is 1.47. The molecule has 0 fully saturated rings. The number of nitrogens with zero attached hydrogens (tertiary/aromatic N) is 2. The van der Waals surface area contributed by atoms with Gasteiger partial charge in [-0.3, -0.25) is 4.79 Å². The number of rotatable bonds is 5. The van der Waals surface area contributed by atoms with Gasteiger partial charge in [0.2, 0.25) is 5.91 Å². The number of carbonyl (C=O) groups excluding carboxylic acids is 1. The van der Waals surface area contributed by atoms with Crippen LogP contribution >= 0.6 is 0 Å². The van der Waals surface area contributed by atoms with E-state index in [1.54, 1.807) is 18.0 Å². The largest absolute Gasteiger partial charge is 0.497 e. The van der Waals surface area contributed by atoms with Gasteiger partial charge in [-0.15, -0.1) is 0 Å². The number of aromatic nitrogens is 3. The van der Waals surface area contributed by atoms with E-state index in [2.05, 4.69) is 15.4 Å². The molecule has 2 heterocycles. The molecular formula is C20H18N4O2. The lowest BCUT2D eigenvalue weighted by Crippen LogP contribution is -2.14. The fraction of sp³-hybridized carbons (Fsp3) is 0.100. The van der Waals surface area contributed by atoms with Crippen LogP contribution in [0.25, 0.3) is 16.6 Å². The summed E-state index contributed by atoms with van der Waals surface area (Å²) in [5.74, 6) is 0.702. The molecule has 0 spiro atoms. The molecule has 0 radical (unpaired) electrons. The van der Waals surface area contributed by atoms with Gasteiger partial charge in [0.1, 0.15) is 5.75 Å². The number of hydrogen-bond acceptors (Lipinski definition) is 3. The first-order valence-corrected chi connectivity index (χ1v) is 8.27. The van der Waals surface area contributed by atoms with Crippen LogP contribution in [0.3, 0.4) is 0 Å². The second-order valence-electron chi connectivity index (χ2n) is 5.95. The van der Waals surface area contributed by atoms with Crippen molar-refractivity contribution in [3.05, 3.63) is 72.7 Å². The maximum Gasteiger partial charge on any atom is 0.228 e. The molecule has 0 aliphatic heterocycles. The average molecular weight is 346 g/mol. The third-order valence-electron chi connectivity index (χ3n) is 4.25. The Kier molecular flexibility index (Phi) is 4.15. The van der Waals surface area contributed by atoms with E-state index < -0.39 is 0 Å². The molecule has 0 unspecified atom stereocenters. The summed E-state index contributed by atoms with van der Waals surface area (Å²) in [6.07, 6.45) is 5.75. The van der Waals surface area contributed by atoms with Gasteiger partial charge in [-0.2, -0.15) is 5.10 Å². The minimum atomic E-state index is -0.0689. The summed E-state index contributed by atoms with van der Waals surface area (Å²) < 4.78 is 7.04. The van der Waals surface area contributed by atoms with Gasteiger partial charge in [-0.25, -0.2) is 4.68 Å². The van der Waals surface area contributed by atoms with Crippen LogP contribution in [0.15, 0.2) is 67.1 Å². The van der Waals surface area contributed by atoms with E-state index in [4.69, 9.17) is 4.74 Å². The molecule has 0 aliphatic carbocycles. The van der Waals surface area contributed by atoms with Crippen LogP contribution < -0.4 is 10.1 Å². The molecule has 1 amide bonds. The Morgan fingerprint density at radius 1 is 1.23 bits per heavy atom. The first-order chi connectivity index (χ1) is 12.7. The van der Waals surface area contributed by atoms with Crippen LogP contribution in [0.2, 0.25) is 0 Å². The summed E-state index contributed by atoms with van der Waals surface area (Å²) in [4.78, 5) is 15.6. The Hall–Kier alpha value is -3.54. The monoisotopic (exact) mass is 346 g/mol. The second kappa shape index (κ2) is 6.76. The number of amides is 1. The van der Waals surface area contributed by atoms with Crippen molar-refractivity contribution >= 4 is 22.5 Å².